The summed E-state index contributed by atoms with van der Waals surface area (Å²) in [5.41, 5.74) is 1.95. The summed E-state index contributed by atoms with van der Waals surface area (Å²) in [7, 11) is 3.46. The van der Waals surface area contributed by atoms with Gasteiger partial charge < -0.3 is 9.64 Å². The first kappa shape index (κ1) is 17.4. The normalized spacial score (nSPS) is 17.4. The topological polar surface area (TPSA) is 45.7 Å². The standard InChI is InChI=1S/C20H25N3O2/c1-22(2)20(24)17-8-9-19(21-14-17)25-18-11-13-23(15-18)12-10-16-6-4-3-5-7-16/h3-9,14,18H,10-13,15H2,1-2H3. The highest BCUT2D eigenvalue weighted by Gasteiger charge is 2.24. The van der Waals surface area contributed by atoms with Crippen LogP contribution < -0.4 is 4.74 Å². The molecule has 0 bridgehead atoms. The van der Waals surface area contributed by atoms with Gasteiger partial charge in [0.15, 0.2) is 0 Å². The minimum Gasteiger partial charge on any atom is -0.473 e. The van der Waals surface area contributed by atoms with Crippen LogP contribution in [0.1, 0.15) is 22.3 Å². The molecule has 3 rings (SSSR count). The molecular formula is C20H25N3O2. The quantitative estimate of drug-likeness (QED) is 0.811. The monoisotopic (exact) mass is 339 g/mol. The second-order valence-electron chi connectivity index (χ2n) is 6.65. The number of carbonyl (C=O) groups excluding carboxylic acids is 1. The van der Waals surface area contributed by atoms with Crippen molar-refractivity contribution in [1.82, 2.24) is 14.8 Å². The lowest BCUT2D eigenvalue weighted by Gasteiger charge is -2.16. The van der Waals surface area contributed by atoms with Crippen LogP contribution >= 0.6 is 0 Å². The maximum Gasteiger partial charge on any atom is 0.254 e. The molecule has 5 nitrogen and oxygen atoms in total. The van der Waals surface area contributed by atoms with Crippen molar-refractivity contribution in [3.8, 4) is 5.88 Å². The highest BCUT2D eigenvalue weighted by Crippen LogP contribution is 2.17. The Bertz CT molecular complexity index is 686. The van der Waals surface area contributed by atoms with Crippen molar-refractivity contribution < 1.29 is 9.53 Å². The van der Waals surface area contributed by atoms with Crippen LogP contribution in [0.3, 0.4) is 0 Å². The number of amides is 1. The summed E-state index contributed by atoms with van der Waals surface area (Å²) in [5, 5.41) is 0. The smallest absolute Gasteiger partial charge is 0.254 e. The van der Waals surface area contributed by atoms with Gasteiger partial charge in [0.05, 0.1) is 5.56 Å². The van der Waals surface area contributed by atoms with Gasteiger partial charge in [-0.2, -0.15) is 0 Å². The Labute approximate surface area is 149 Å². The molecule has 1 aliphatic heterocycles. The van der Waals surface area contributed by atoms with Gasteiger partial charge in [-0.15, -0.1) is 0 Å². The Morgan fingerprint density at radius 2 is 2.04 bits per heavy atom. The summed E-state index contributed by atoms with van der Waals surface area (Å²) in [4.78, 5) is 20.1. The Balaban J connectivity index is 1.47. The van der Waals surface area contributed by atoms with E-state index in [0.29, 0.717) is 11.4 Å². The van der Waals surface area contributed by atoms with E-state index in [2.05, 4.69) is 34.1 Å². The third kappa shape index (κ3) is 4.79. The van der Waals surface area contributed by atoms with Crippen molar-refractivity contribution in [1.29, 1.82) is 0 Å². The number of ether oxygens (including phenoxy) is 1. The molecule has 2 heterocycles. The van der Waals surface area contributed by atoms with E-state index in [-0.39, 0.29) is 12.0 Å². The summed E-state index contributed by atoms with van der Waals surface area (Å²) < 4.78 is 5.98. The zero-order valence-electron chi connectivity index (χ0n) is 14.9. The fourth-order valence-electron chi connectivity index (χ4n) is 3.03. The first-order valence-corrected chi connectivity index (χ1v) is 8.72. The molecule has 132 valence electrons. The van der Waals surface area contributed by atoms with E-state index in [0.717, 1.165) is 32.5 Å². The van der Waals surface area contributed by atoms with E-state index in [4.69, 9.17) is 4.74 Å². The minimum absolute atomic E-state index is 0.0491. The molecule has 0 saturated carbocycles. The van der Waals surface area contributed by atoms with Gasteiger partial charge in [0.25, 0.3) is 5.91 Å². The van der Waals surface area contributed by atoms with Gasteiger partial charge in [-0.3, -0.25) is 9.69 Å². The highest BCUT2D eigenvalue weighted by molar-refractivity contribution is 5.93. The number of rotatable bonds is 6. The van der Waals surface area contributed by atoms with Crippen molar-refractivity contribution >= 4 is 5.91 Å². The first-order valence-electron chi connectivity index (χ1n) is 8.72. The molecule has 0 radical (unpaired) electrons. The summed E-state index contributed by atoms with van der Waals surface area (Å²) >= 11 is 0. The molecule has 0 spiro atoms. The van der Waals surface area contributed by atoms with Gasteiger partial charge in [-0.05, 0) is 24.5 Å². The van der Waals surface area contributed by atoms with Crippen LogP contribution in [-0.4, -0.2) is 60.5 Å². The number of pyridine rings is 1. The number of nitrogens with zero attached hydrogens (tertiary/aromatic N) is 3. The predicted molar refractivity (Wildman–Crippen MR) is 97.9 cm³/mol. The van der Waals surface area contributed by atoms with Gasteiger partial charge >= 0.3 is 0 Å². The Morgan fingerprint density at radius 3 is 2.72 bits per heavy atom. The largest absolute Gasteiger partial charge is 0.473 e. The Hall–Kier alpha value is -2.40. The van der Waals surface area contributed by atoms with Gasteiger partial charge in [-0.1, -0.05) is 30.3 Å². The van der Waals surface area contributed by atoms with E-state index in [9.17, 15) is 4.79 Å². The molecule has 1 atom stereocenters. The molecule has 5 heteroatoms. The maximum atomic E-state index is 11.9. The fourth-order valence-corrected chi connectivity index (χ4v) is 3.03. The molecule has 1 fully saturated rings. The third-order valence-corrected chi connectivity index (χ3v) is 4.47. The van der Waals surface area contributed by atoms with Crippen LogP contribution in [0.25, 0.3) is 0 Å². The van der Waals surface area contributed by atoms with Crippen molar-refractivity contribution in [2.24, 2.45) is 0 Å². The first-order chi connectivity index (χ1) is 12.1. The lowest BCUT2D eigenvalue weighted by atomic mass is 10.1. The van der Waals surface area contributed by atoms with Crippen LogP contribution in [0.15, 0.2) is 48.7 Å². The van der Waals surface area contributed by atoms with Crippen molar-refractivity contribution in [3.63, 3.8) is 0 Å². The summed E-state index contributed by atoms with van der Waals surface area (Å²) in [6.45, 7) is 3.02. The molecule has 1 amide bonds. The Kier molecular flexibility index (Phi) is 5.66. The number of aromatic nitrogens is 1. The van der Waals surface area contributed by atoms with E-state index in [1.807, 2.05) is 6.07 Å². The molecular weight excluding hydrogens is 314 g/mol. The Morgan fingerprint density at radius 1 is 1.24 bits per heavy atom. The summed E-state index contributed by atoms with van der Waals surface area (Å²) in [5.74, 6) is 0.539. The van der Waals surface area contributed by atoms with Crippen LogP contribution in [0.5, 0.6) is 5.88 Å². The van der Waals surface area contributed by atoms with Crippen molar-refractivity contribution in [3.05, 3.63) is 59.8 Å². The second kappa shape index (κ2) is 8.12. The van der Waals surface area contributed by atoms with E-state index < -0.39 is 0 Å². The number of hydrogen-bond donors (Lipinski definition) is 0. The average Bonchev–Trinajstić information content (AvgIpc) is 3.08. The van der Waals surface area contributed by atoms with Crippen molar-refractivity contribution in [2.75, 3.05) is 33.7 Å². The van der Waals surface area contributed by atoms with Crippen LogP contribution in [0.4, 0.5) is 0 Å². The van der Waals surface area contributed by atoms with Gasteiger partial charge in [-0.25, -0.2) is 4.98 Å². The molecule has 0 N–H and O–H groups in total. The van der Waals surface area contributed by atoms with E-state index in [1.54, 1.807) is 37.3 Å². The molecule has 1 aromatic carbocycles. The highest BCUT2D eigenvalue weighted by atomic mass is 16.5. The third-order valence-electron chi connectivity index (χ3n) is 4.47. The molecule has 1 unspecified atom stereocenters. The number of carbonyl (C=O) groups is 1. The zero-order valence-corrected chi connectivity index (χ0v) is 14.9. The fraction of sp³-hybridized carbons (Fsp3) is 0.400. The molecule has 25 heavy (non-hydrogen) atoms. The summed E-state index contributed by atoms with van der Waals surface area (Å²) in [6.07, 6.45) is 3.82. The van der Waals surface area contributed by atoms with Gasteiger partial charge in [0.1, 0.15) is 6.10 Å². The predicted octanol–water partition coefficient (Wildman–Crippen LogP) is 2.48. The number of benzene rings is 1. The molecule has 2 aromatic rings. The zero-order chi connectivity index (χ0) is 17.6. The number of likely N-dealkylation sites (tertiary alicyclic amines) is 1. The van der Waals surface area contributed by atoms with E-state index >= 15 is 0 Å². The van der Waals surface area contributed by atoms with Crippen LogP contribution in [0.2, 0.25) is 0 Å². The minimum atomic E-state index is -0.0491. The molecule has 1 aliphatic rings. The molecule has 0 aliphatic carbocycles. The number of hydrogen-bond acceptors (Lipinski definition) is 4. The molecule has 1 saturated heterocycles. The maximum absolute atomic E-state index is 11.9. The second-order valence-corrected chi connectivity index (χ2v) is 6.65. The lowest BCUT2D eigenvalue weighted by Crippen LogP contribution is -2.27. The van der Waals surface area contributed by atoms with Crippen molar-refractivity contribution in [2.45, 2.75) is 18.9 Å². The SMILES string of the molecule is CN(C)C(=O)c1ccc(OC2CCN(CCc3ccccc3)C2)nc1. The lowest BCUT2D eigenvalue weighted by molar-refractivity contribution is 0.0827. The van der Waals surface area contributed by atoms with E-state index in [1.165, 1.54) is 5.56 Å². The van der Waals surface area contributed by atoms with Crippen LogP contribution in [-0.2, 0) is 6.42 Å². The summed E-state index contributed by atoms with van der Waals surface area (Å²) in [6, 6.07) is 14.1. The van der Waals surface area contributed by atoms with Crippen LogP contribution in [0, 0.1) is 0 Å². The molecule has 1 aromatic heterocycles. The average molecular weight is 339 g/mol. The van der Waals surface area contributed by atoms with Gasteiger partial charge in [0.2, 0.25) is 5.88 Å². The van der Waals surface area contributed by atoms with Gasteiger partial charge in [0, 0.05) is 46.0 Å².